The van der Waals surface area contributed by atoms with Crippen LogP contribution in [-0.4, -0.2) is 33.9 Å². The third kappa shape index (κ3) is 3.84. The van der Waals surface area contributed by atoms with Crippen LogP contribution in [0, 0.1) is 0 Å². The van der Waals surface area contributed by atoms with Gasteiger partial charge in [0.25, 0.3) is 0 Å². The average Bonchev–Trinajstić information content (AvgIpc) is 2.25. The van der Waals surface area contributed by atoms with E-state index in [0.29, 0.717) is 13.0 Å². The van der Waals surface area contributed by atoms with Crippen molar-refractivity contribution in [3.63, 3.8) is 0 Å². The van der Waals surface area contributed by atoms with Crippen molar-refractivity contribution in [1.82, 2.24) is 10.2 Å². The summed E-state index contributed by atoms with van der Waals surface area (Å²) >= 11 is 0. The molecule has 16 heavy (non-hydrogen) atoms. The number of aliphatic carboxylic acids is 1. The second-order valence-electron chi connectivity index (χ2n) is 3.87. The first-order chi connectivity index (χ1) is 7.61. The van der Waals surface area contributed by atoms with Crippen LogP contribution in [0.3, 0.4) is 0 Å². The second kappa shape index (κ2) is 6.05. The summed E-state index contributed by atoms with van der Waals surface area (Å²) in [7, 11) is 0. The molecule has 88 valence electrons. The highest BCUT2D eigenvalue weighted by Gasteiger charge is 2.12. The highest BCUT2D eigenvalue weighted by atomic mass is 16.4. The monoisotopic (exact) mass is 223 g/mol. The van der Waals surface area contributed by atoms with Gasteiger partial charge in [0, 0.05) is 25.2 Å². The normalized spacial score (nSPS) is 10.4. The smallest absolute Gasteiger partial charge is 0.303 e. The van der Waals surface area contributed by atoms with E-state index in [9.17, 15) is 4.79 Å². The van der Waals surface area contributed by atoms with Crippen molar-refractivity contribution in [2.45, 2.75) is 32.7 Å². The highest BCUT2D eigenvalue weighted by molar-refractivity contribution is 5.66. The molecule has 0 aliphatic carbocycles. The lowest BCUT2D eigenvalue weighted by Crippen LogP contribution is -2.32. The van der Waals surface area contributed by atoms with Gasteiger partial charge in [-0.2, -0.15) is 5.10 Å². The number of carbonyl (C=O) groups is 1. The fraction of sp³-hybridized carbons (Fsp3) is 0.545. The van der Waals surface area contributed by atoms with Gasteiger partial charge in [-0.25, -0.2) is 0 Å². The third-order valence-corrected chi connectivity index (χ3v) is 2.27. The Morgan fingerprint density at radius 3 is 2.81 bits per heavy atom. The molecule has 0 aromatic carbocycles. The molecule has 0 bridgehead atoms. The zero-order valence-corrected chi connectivity index (χ0v) is 9.63. The van der Waals surface area contributed by atoms with Crippen molar-refractivity contribution in [1.29, 1.82) is 0 Å². The predicted molar refractivity (Wildman–Crippen MR) is 61.4 cm³/mol. The second-order valence-corrected chi connectivity index (χ2v) is 3.87. The lowest BCUT2D eigenvalue weighted by atomic mass is 10.2. The van der Waals surface area contributed by atoms with E-state index in [1.807, 2.05) is 12.1 Å². The summed E-state index contributed by atoms with van der Waals surface area (Å²) in [6.45, 7) is 4.79. The number of rotatable bonds is 6. The Hall–Kier alpha value is -1.65. The Kier molecular flexibility index (Phi) is 4.69. The minimum atomic E-state index is -0.761. The third-order valence-electron chi connectivity index (χ3n) is 2.27. The Labute approximate surface area is 95.1 Å². The van der Waals surface area contributed by atoms with Gasteiger partial charge < -0.3 is 10.0 Å². The molecule has 0 amide bonds. The number of hydrogen-bond acceptors (Lipinski definition) is 4. The molecule has 0 spiro atoms. The quantitative estimate of drug-likeness (QED) is 0.792. The van der Waals surface area contributed by atoms with E-state index < -0.39 is 5.97 Å². The highest BCUT2D eigenvalue weighted by Crippen LogP contribution is 2.13. The average molecular weight is 223 g/mol. The van der Waals surface area contributed by atoms with Gasteiger partial charge in [-0.15, -0.1) is 5.10 Å². The zero-order valence-electron chi connectivity index (χ0n) is 9.63. The van der Waals surface area contributed by atoms with Crippen molar-refractivity contribution in [2.24, 2.45) is 0 Å². The molecule has 0 aliphatic heterocycles. The SMILES string of the molecule is CC(C)N(CCCC(=O)O)c1cccnn1. The van der Waals surface area contributed by atoms with E-state index >= 15 is 0 Å². The fourth-order valence-corrected chi connectivity index (χ4v) is 1.48. The lowest BCUT2D eigenvalue weighted by Gasteiger charge is -2.26. The maximum absolute atomic E-state index is 10.4. The summed E-state index contributed by atoms with van der Waals surface area (Å²) in [5.41, 5.74) is 0. The summed E-state index contributed by atoms with van der Waals surface area (Å²) in [4.78, 5) is 12.5. The standard InChI is InChI=1S/C11H17N3O2/c1-9(2)14(8-4-6-11(15)16)10-5-3-7-12-13-10/h3,5,7,9H,4,6,8H2,1-2H3,(H,15,16). The van der Waals surface area contributed by atoms with Gasteiger partial charge in [-0.1, -0.05) is 0 Å². The predicted octanol–water partition coefficient (Wildman–Crippen LogP) is 1.56. The van der Waals surface area contributed by atoms with Crippen LogP contribution in [0.5, 0.6) is 0 Å². The van der Waals surface area contributed by atoms with Gasteiger partial charge in [0.05, 0.1) is 0 Å². The molecule has 1 rings (SSSR count). The molecule has 5 heteroatoms. The lowest BCUT2D eigenvalue weighted by molar-refractivity contribution is -0.137. The fourth-order valence-electron chi connectivity index (χ4n) is 1.48. The molecule has 0 radical (unpaired) electrons. The maximum Gasteiger partial charge on any atom is 0.303 e. The molecule has 1 aromatic rings. The molecule has 1 aromatic heterocycles. The van der Waals surface area contributed by atoms with Crippen LogP contribution in [-0.2, 0) is 4.79 Å². The minimum Gasteiger partial charge on any atom is -0.481 e. The van der Waals surface area contributed by atoms with Crippen LogP contribution in [0.15, 0.2) is 18.3 Å². The van der Waals surface area contributed by atoms with Crippen molar-refractivity contribution in [2.75, 3.05) is 11.4 Å². The first-order valence-corrected chi connectivity index (χ1v) is 5.37. The number of carboxylic acids is 1. The summed E-state index contributed by atoms with van der Waals surface area (Å²) in [5, 5.41) is 16.4. The van der Waals surface area contributed by atoms with E-state index in [4.69, 9.17) is 5.11 Å². The Morgan fingerprint density at radius 1 is 1.56 bits per heavy atom. The molecule has 1 N–H and O–H groups in total. The van der Waals surface area contributed by atoms with Gasteiger partial charge >= 0.3 is 5.97 Å². The first kappa shape index (κ1) is 12.4. The number of anilines is 1. The van der Waals surface area contributed by atoms with Crippen LogP contribution in [0.25, 0.3) is 0 Å². The summed E-state index contributed by atoms with van der Waals surface area (Å²) in [6, 6.07) is 3.99. The van der Waals surface area contributed by atoms with Gasteiger partial charge in [-0.05, 0) is 32.4 Å². The molecule has 0 saturated carbocycles. The van der Waals surface area contributed by atoms with Crippen molar-refractivity contribution in [3.05, 3.63) is 18.3 Å². The van der Waals surface area contributed by atoms with Crippen LogP contribution >= 0.6 is 0 Å². The van der Waals surface area contributed by atoms with Crippen LogP contribution in [0.1, 0.15) is 26.7 Å². The topological polar surface area (TPSA) is 66.3 Å². The zero-order chi connectivity index (χ0) is 12.0. The van der Waals surface area contributed by atoms with Gasteiger partial charge in [-0.3, -0.25) is 4.79 Å². The van der Waals surface area contributed by atoms with E-state index in [1.165, 1.54) is 0 Å². The molecular weight excluding hydrogens is 206 g/mol. The van der Waals surface area contributed by atoms with Crippen molar-refractivity contribution in [3.8, 4) is 0 Å². The van der Waals surface area contributed by atoms with Gasteiger partial charge in [0.2, 0.25) is 0 Å². The number of nitrogens with zero attached hydrogens (tertiary/aromatic N) is 3. The van der Waals surface area contributed by atoms with E-state index in [0.717, 1.165) is 5.82 Å². The number of aromatic nitrogens is 2. The van der Waals surface area contributed by atoms with E-state index in [-0.39, 0.29) is 12.5 Å². The van der Waals surface area contributed by atoms with Crippen molar-refractivity contribution >= 4 is 11.8 Å². The van der Waals surface area contributed by atoms with Gasteiger partial charge in [0.1, 0.15) is 0 Å². The van der Waals surface area contributed by atoms with Crippen LogP contribution < -0.4 is 4.90 Å². The first-order valence-electron chi connectivity index (χ1n) is 5.37. The Morgan fingerprint density at radius 2 is 2.31 bits per heavy atom. The molecule has 0 aliphatic rings. The molecule has 0 atom stereocenters. The summed E-state index contributed by atoms with van der Waals surface area (Å²) in [5.74, 6) is 0.0331. The Balaban J connectivity index is 2.58. The van der Waals surface area contributed by atoms with E-state index in [1.54, 1.807) is 6.20 Å². The molecule has 5 nitrogen and oxygen atoms in total. The molecule has 0 unspecified atom stereocenters. The molecule has 0 saturated heterocycles. The van der Waals surface area contributed by atoms with Crippen LogP contribution in [0.2, 0.25) is 0 Å². The number of hydrogen-bond donors (Lipinski definition) is 1. The van der Waals surface area contributed by atoms with Crippen LogP contribution in [0.4, 0.5) is 5.82 Å². The molecular formula is C11H17N3O2. The maximum atomic E-state index is 10.4. The molecule has 0 fully saturated rings. The summed E-state index contributed by atoms with van der Waals surface area (Å²) in [6.07, 6.45) is 2.42. The minimum absolute atomic E-state index is 0.184. The van der Waals surface area contributed by atoms with E-state index in [2.05, 4.69) is 28.9 Å². The summed E-state index contributed by atoms with van der Waals surface area (Å²) < 4.78 is 0. The molecule has 1 heterocycles. The Bertz CT molecular complexity index is 327. The largest absolute Gasteiger partial charge is 0.481 e. The van der Waals surface area contributed by atoms with Gasteiger partial charge in [0.15, 0.2) is 5.82 Å². The number of carboxylic acid groups (broad SMARTS) is 1. The van der Waals surface area contributed by atoms with Crippen molar-refractivity contribution < 1.29 is 9.90 Å².